The second-order valence-electron chi connectivity index (χ2n) is 10.3. The van der Waals surface area contributed by atoms with E-state index in [0.717, 1.165) is 59.5 Å². The molecule has 2 fully saturated rings. The van der Waals surface area contributed by atoms with Crippen molar-refractivity contribution >= 4 is 23.1 Å². The maximum Gasteiger partial charge on any atom is 0.413 e. The van der Waals surface area contributed by atoms with Crippen molar-refractivity contribution in [2.24, 2.45) is 0 Å². The van der Waals surface area contributed by atoms with E-state index < -0.39 is 6.09 Å². The molecule has 4 aromatic rings. The van der Waals surface area contributed by atoms with E-state index in [1.165, 1.54) is 0 Å². The van der Waals surface area contributed by atoms with Crippen LogP contribution in [0.1, 0.15) is 45.3 Å². The smallest absolute Gasteiger partial charge is 0.413 e. The van der Waals surface area contributed by atoms with Crippen molar-refractivity contribution in [1.82, 2.24) is 24.8 Å². The van der Waals surface area contributed by atoms with Gasteiger partial charge in [0.2, 0.25) is 5.95 Å². The van der Waals surface area contributed by atoms with Crippen LogP contribution in [0.5, 0.6) is 0 Å². The third kappa shape index (κ3) is 4.87. The first-order valence-corrected chi connectivity index (χ1v) is 13.2. The maximum absolute atomic E-state index is 12.0. The molecule has 1 amide bonds. The van der Waals surface area contributed by atoms with E-state index in [4.69, 9.17) is 14.5 Å². The third-order valence-electron chi connectivity index (χ3n) is 7.36. The van der Waals surface area contributed by atoms with Gasteiger partial charge in [-0.1, -0.05) is 12.1 Å². The lowest BCUT2D eigenvalue weighted by Gasteiger charge is -2.40. The Morgan fingerprint density at radius 1 is 1.24 bits per heavy atom. The number of amides is 1. The van der Waals surface area contributed by atoms with Gasteiger partial charge in [-0.2, -0.15) is 0 Å². The highest BCUT2D eigenvalue weighted by molar-refractivity contribution is 5.97. The number of hydrogen-bond acceptors (Lipinski definition) is 7. The molecule has 2 N–H and O–H groups in total. The van der Waals surface area contributed by atoms with Gasteiger partial charge >= 0.3 is 6.09 Å². The average molecular weight is 513 g/mol. The Morgan fingerprint density at radius 2 is 2.11 bits per heavy atom. The molecule has 1 unspecified atom stereocenters. The number of morpholine rings is 1. The average Bonchev–Trinajstić information content (AvgIpc) is 3.52. The van der Waals surface area contributed by atoms with Gasteiger partial charge in [0.15, 0.2) is 0 Å². The molecule has 0 radical (unpaired) electrons. The van der Waals surface area contributed by atoms with E-state index in [2.05, 4.69) is 57.2 Å². The molecule has 196 valence electrons. The standard InChI is InChI=1S/C29H32N6O3/c1-4-37-28(36)34-27-32-25-14-21(13-22(26(25)33-27)24-7-5-6-12-30-24)20-8-9-23(31-15-20)19(3)35-16-18(2)38-29(17-35)10-11-29/h5-9,12-15,18-19H,4,10-11,16-17H2,1-3H3,(H2,32,33,34,36)/t18-,19?/m0/s1. The fraction of sp³-hybridized carbons (Fsp3) is 0.379. The summed E-state index contributed by atoms with van der Waals surface area (Å²) in [5, 5.41) is 2.66. The quantitative estimate of drug-likeness (QED) is 0.348. The number of benzene rings is 1. The van der Waals surface area contributed by atoms with Crippen molar-refractivity contribution in [2.45, 2.75) is 51.4 Å². The summed E-state index contributed by atoms with van der Waals surface area (Å²) < 4.78 is 11.2. The Hall–Kier alpha value is -3.82. The van der Waals surface area contributed by atoms with Crippen molar-refractivity contribution < 1.29 is 14.3 Å². The molecule has 2 atom stereocenters. The highest BCUT2D eigenvalue weighted by Crippen LogP contribution is 2.45. The molecule has 2 aliphatic rings. The molecule has 1 saturated heterocycles. The Bertz CT molecular complexity index is 1450. The summed E-state index contributed by atoms with van der Waals surface area (Å²) in [4.78, 5) is 31.7. The van der Waals surface area contributed by atoms with Crippen LogP contribution >= 0.6 is 0 Å². The van der Waals surface area contributed by atoms with E-state index in [-0.39, 0.29) is 24.4 Å². The number of anilines is 1. The van der Waals surface area contributed by atoms with E-state index in [0.29, 0.717) is 11.5 Å². The van der Waals surface area contributed by atoms with Crippen LogP contribution in [0.15, 0.2) is 54.9 Å². The minimum Gasteiger partial charge on any atom is -0.450 e. The summed E-state index contributed by atoms with van der Waals surface area (Å²) in [5.74, 6) is 0.322. The predicted octanol–water partition coefficient (Wildman–Crippen LogP) is 5.57. The molecule has 9 nitrogen and oxygen atoms in total. The largest absolute Gasteiger partial charge is 0.450 e. The molecule has 9 heteroatoms. The lowest BCUT2D eigenvalue weighted by Crippen LogP contribution is -2.48. The van der Waals surface area contributed by atoms with Crippen molar-refractivity contribution in [3.05, 3.63) is 60.6 Å². The number of aromatic nitrogens is 4. The maximum atomic E-state index is 12.0. The monoisotopic (exact) mass is 512 g/mol. The molecule has 0 bridgehead atoms. The number of nitrogens with one attached hydrogen (secondary N) is 2. The SMILES string of the molecule is CCOC(=O)Nc1nc2c(-c3ccccn3)cc(-c3ccc(C(C)N4C[C@H](C)OC5(CC5)C4)nc3)cc2[nH]1. The fourth-order valence-corrected chi connectivity index (χ4v) is 5.31. The molecule has 1 aromatic carbocycles. The van der Waals surface area contributed by atoms with Crippen LogP contribution < -0.4 is 5.32 Å². The van der Waals surface area contributed by atoms with E-state index >= 15 is 0 Å². The molecule has 3 aromatic heterocycles. The van der Waals surface area contributed by atoms with Crippen LogP contribution in [0.2, 0.25) is 0 Å². The summed E-state index contributed by atoms with van der Waals surface area (Å²) in [6.07, 6.45) is 5.68. The Labute approximate surface area is 221 Å². The molecule has 1 aliphatic heterocycles. The van der Waals surface area contributed by atoms with Gasteiger partial charge in [0.25, 0.3) is 0 Å². The Balaban J connectivity index is 1.32. The minimum atomic E-state index is -0.553. The molecule has 1 saturated carbocycles. The van der Waals surface area contributed by atoms with Gasteiger partial charge in [-0.05, 0) is 69.5 Å². The number of imidazole rings is 1. The number of carbonyl (C=O) groups is 1. The number of pyridine rings is 2. The Kier molecular flexibility index (Phi) is 6.33. The van der Waals surface area contributed by atoms with Gasteiger partial charge in [0.1, 0.15) is 0 Å². The van der Waals surface area contributed by atoms with E-state index in [1.807, 2.05) is 30.5 Å². The number of aromatic amines is 1. The fourth-order valence-electron chi connectivity index (χ4n) is 5.31. The molecule has 1 aliphatic carbocycles. The zero-order valence-corrected chi connectivity index (χ0v) is 21.9. The van der Waals surface area contributed by atoms with Crippen molar-refractivity contribution in [3.8, 4) is 22.4 Å². The van der Waals surface area contributed by atoms with E-state index in [1.54, 1.807) is 13.1 Å². The number of hydrogen-bond donors (Lipinski definition) is 2. The number of carbonyl (C=O) groups excluding carboxylic acids is 1. The third-order valence-corrected chi connectivity index (χ3v) is 7.36. The number of rotatable bonds is 6. The van der Waals surface area contributed by atoms with Gasteiger partial charge in [0, 0.05) is 42.7 Å². The summed E-state index contributed by atoms with van der Waals surface area (Å²) >= 11 is 0. The van der Waals surface area contributed by atoms with Crippen molar-refractivity contribution in [2.75, 3.05) is 25.0 Å². The molecule has 4 heterocycles. The number of nitrogens with zero attached hydrogens (tertiary/aromatic N) is 4. The van der Waals surface area contributed by atoms with Crippen LogP contribution in [-0.2, 0) is 9.47 Å². The summed E-state index contributed by atoms with van der Waals surface area (Å²) in [7, 11) is 0. The van der Waals surface area contributed by atoms with Crippen molar-refractivity contribution in [1.29, 1.82) is 0 Å². The molecular formula is C29H32N6O3. The lowest BCUT2D eigenvalue weighted by atomic mass is 10.00. The predicted molar refractivity (Wildman–Crippen MR) is 146 cm³/mol. The van der Waals surface area contributed by atoms with Crippen LogP contribution in [0.4, 0.5) is 10.7 Å². The highest BCUT2D eigenvalue weighted by Gasteiger charge is 2.50. The topological polar surface area (TPSA) is 105 Å². The summed E-state index contributed by atoms with van der Waals surface area (Å²) in [6, 6.07) is 14.3. The molecule has 38 heavy (non-hydrogen) atoms. The first-order valence-electron chi connectivity index (χ1n) is 13.2. The van der Waals surface area contributed by atoms with Crippen LogP contribution in [0.3, 0.4) is 0 Å². The highest BCUT2D eigenvalue weighted by atomic mass is 16.5. The molecule has 1 spiro atoms. The zero-order chi connectivity index (χ0) is 26.3. The van der Waals surface area contributed by atoms with Gasteiger partial charge < -0.3 is 14.5 Å². The first-order chi connectivity index (χ1) is 18.4. The van der Waals surface area contributed by atoms with Crippen molar-refractivity contribution in [3.63, 3.8) is 0 Å². The van der Waals surface area contributed by atoms with Crippen LogP contribution in [0, 0.1) is 0 Å². The van der Waals surface area contributed by atoms with E-state index in [9.17, 15) is 4.79 Å². The van der Waals surface area contributed by atoms with Gasteiger partial charge in [-0.15, -0.1) is 0 Å². The van der Waals surface area contributed by atoms with Crippen LogP contribution in [0.25, 0.3) is 33.4 Å². The van der Waals surface area contributed by atoms with Gasteiger partial charge in [-0.3, -0.25) is 20.2 Å². The number of fused-ring (bicyclic) bond motifs is 1. The molecule has 6 rings (SSSR count). The zero-order valence-electron chi connectivity index (χ0n) is 21.9. The first kappa shape index (κ1) is 24.5. The van der Waals surface area contributed by atoms with Gasteiger partial charge in [0.05, 0.1) is 40.7 Å². The normalized spacial score (nSPS) is 19.4. The summed E-state index contributed by atoms with van der Waals surface area (Å²) in [6.45, 7) is 8.31. The second-order valence-corrected chi connectivity index (χ2v) is 10.3. The minimum absolute atomic E-state index is 0.0637. The second kappa shape index (κ2) is 9.81. The number of ether oxygens (including phenoxy) is 2. The molecular weight excluding hydrogens is 480 g/mol. The van der Waals surface area contributed by atoms with Crippen LogP contribution in [-0.4, -0.2) is 62.3 Å². The summed E-state index contributed by atoms with van der Waals surface area (Å²) in [5.41, 5.74) is 6.23. The number of H-pyrrole nitrogens is 1. The Morgan fingerprint density at radius 3 is 2.82 bits per heavy atom. The van der Waals surface area contributed by atoms with Gasteiger partial charge in [-0.25, -0.2) is 9.78 Å². The lowest BCUT2D eigenvalue weighted by molar-refractivity contribution is -0.103.